The van der Waals surface area contributed by atoms with Crippen molar-refractivity contribution >= 4 is 17.5 Å². The molecule has 5 nitrogen and oxygen atoms in total. The third kappa shape index (κ3) is 4.14. The van der Waals surface area contributed by atoms with Gasteiger partial charge in [-0.25, -0.2) is 0 Å². The summed E-state index contributed by atoms with van der Waals surface area (Å²) in [4.78, 5) is 29.0. The van der Waals surface area contributed by atoms with E-state index in [1.54, 1.807) is 0 Å². The molecule has 2 amide bonds. The van der Waals surface area contributed by atoms with Crippen LogP contribution < -0.4 is 10.2 Å². The molecule has 2 fully saturated rings. The Bertz CT molecular complexity index is 615. The Labute approximate surface area is 150 Å². The molecule has 0 atom stereocenters. The highest BCUT2D eigenvalue weighted by Crippen LogP contribution is 2.26. The van der Waals surface area contributed by atoms with E-state index in [4.69, 9.17) is 0 Å². The summed E-state index contributed by atoms with van der Waals surface area (Å²) < 4.78 is 0. The van der Waals surface area contributed by atoms with Gasteiger partial charge in [0.05, 0.1) is 5.56 Å². The number of para-hydroxylation sites is 1. The van der Waals surface area contributed by atoms with Crippen LogP contribution in [-0.2, 0) is 4.79 Å². The quantitative estimate of drug-likeness (QED) is 0.914. The van der Waals surface area contributed by atoms with Crippen LogP contribution in [0.3, 0.4) is 0 Å². The topological polar surface area (TPSA) is 52.7 Å². The second kappa shape index (κ2) is 7.89. The van der Waals surface area contributed by atoms with Gasteiger partial charge in [0.2, 0.25) is 5.91 Å². The summed E-state index contributed by atoms with van der Waals surface area (Å²) in [5.41, 5.74) is 1.85. The van der Waals surface area contributed by atoms with Crippen LogP contribution in [0.15, 0.2) is 24.3 Å². The number of hydrogen-bond donors (Lipinski definition) is 1. The van der Waals surface area contributed by atoms with Gasteiger partial charge in [-0.1, -0.05) is 26.0 Å². The fourth-order valence-electron chi connectivity index (χ4n) is 3.65. The van der Waals surface area contributed by atoms with Crippen molar-refractivity contribution < 1.29 is 9.59 Å². The number of carbonyl (C=O) groups is 2. The number of piperidine rings is 1. The summed E-state index contributed by atoms with van der Waals surface area (Å²) in [5.74, 6) is 0.309. The third-order valence-electron chi connectivity index (χ3n) is 5.23. The monoisotopic (exact) mass is 343 g/mol. The van der Waals surface area contributed by atoms with Crippen LogP contribution in [0.25, 0.3) is 0 Å². The lowest BCUT2D eigenvalue weighted by molar-refractivity contribution is -0.124. The van der Waals surface area contributed by atoms with E-state index in [0.29, 0.717) is 0 Å². The first-order valence-electron chi connectivity index (χ1n) is 9.50. The van der Waals surface area contributed by atoms with E-state index in [2.05, 4.69) is 16.3 Å². The smallest absolute Gasteiger partial charge is 0.255 e. The number of amides is 2. The molecule has 1 aromatic rings. The molecule has 0 radical (unpaired) electrons. The molecule has 2 saturated heterocycles. The second-order valence-electron chi connectivity index (χ2n) is 7.44. The molecule has 0 saturated carbocycles. The van der Waals surface area contributed by atoms with Gasteiger partial charge in [-0.2, -0.15) is 0 Å². The number of benzene rings is 1. The molecule has 2 heterocycles. The van der Waals surface area contributed by atoms with Crippen molar-refractivity contribution in [3.63, 3.8) is 0 Å². The number of nitrogens with one attached hydrogen (secondary N) is 1. The van der Waals surface area contributed by atoms with Gasteiger partial charge in [-0.05, 0) is 37.8 Å². The van der Waals surface area contributed by atoms with Crippen LogP contribution in [-0.4, -0.2) is 48.9 Å². The molecular formula is C20H29N3O2. The van der Waals surface area contributed by atoms with E-state index in [0.717, 1.165) is 63.1 Å². The van der Waals surface area contributed by atoms with Gasteiger partial charge < -0.3 is 15.1 Å². The minimum absolute atomic E-state index is 0.0249. The van der Waals surface area contributed by atoms with Crippen molar-refractivity contribution in [1.29, 1.82) is 0 Å². The molecule has 3 rings (SSSR count). The molecule has 2 aliphatic rings. The van der Waals surface area contributed by atoms with Crippen molar-refractivity contribution in [2.75, 3.05) is 31.1 Å². The maximum absolute atomic E-state index is 12.8. The molecule has 136 valence electrons. The van der Waals surface area contributed by atoms with Gasteiger partial charge in [-0.15, -0.1) is 0 Å². The number of hydrogen-bond acceptors (Lipinski definition) is 3. The first-order valence-corrected chi connectivity index (χ1v) is 9.50. The molecule has 25 heavy (non-hydrogen) atoms. The highest BCUT2D eigenvalue weighted by molar-refractivity contribution is 6.00. The van der Waals surface area contributed by atoms with Crippen LogP contribution in [0.4, 0.5) is 5.69 Å². The SMILES string of the molecule is CC(C)C(=O)NC1CCN(c2ccccc2C(=O)N2CCCC2)CC1. The zero-order chi connectivity index (χ0) is 17.8. The normalized spacial score (nSPS) is 18.7. The molecule has 0 aromatic heterocycles. The Balaban J connectivity index is 1.65. The molecule has 0 bridgehead atoms. The van der Waals surface area contributed by atoms with Crippen LogP contribution in [0.5, 0.6) is 0 Å². The van der Waals surface area contributed by atoms with E-state index in [-0.39, 0.29) is 23.8 Å². The summed E-state index contributed by atoms with van der Waals surface area (Å²) in [6.45, 7) is 7.32. The Morgan fingerprint density at radius 3 is 2.32 bits per heavy atom. The summed E-state index contributed by atoms with van der Waals surface area (Å²) in [6, 6.07) is 8.19. The van der Waals surface area contributed by atoms with Crippen molar-refractivity contribution in [3.05, 3.63) is 29.8 Å². The van der Waals surface area contributed by atoms with Crippen molar-refractivity contribution in [2.45, 2.75) is 45.6 Å². The van der Waals surface area contributed by atoms with Gasteiger partial charge in [-0.3, -0.25) is 9.59 Å². The number of likely N-dealkylation sites (tertiary alicyclic amines) is 1. The van der Waals surface area contributed by atoms with Crippen LogP contribution >= 0.6 is 0 Å². The van der Waals surface area contributed by atoms with Crippen LogP contribution in [0, 0.1) is 5.92 Å². The maximum Gasteiger partial charge on any atom is 0.255 e. The molecule has 0 aliphatic carbocycles. The van der Waals surface area contributed by atoms with Crippen molar-refractivity contribution in [1.82, 2.24) is 10.2 Å². The zero-order valence-corrected chi connectivity index (χ0v) is 15.3. The van der Waals surface area contributed by atoms with Gasteiger partial charge in [0.15, 0.2) is 0 Å². The Hall–Kier alpha value is -2.04. The van der Waals surface area contributed by atoms with E-state index in [1.165, 1.54) is 0 Å². The lowest BCUT2D eigenvalue weighted by Gasteiger charge is -2.35. The molecule has 1 N–H and O–H groups in total. The van der Waals surface area contributed by atoms with E-state index in [1.807, 2.05) is 36.9 Å². The largest absolute Gasteiger partial charge is 0.371 e. The lowest BCUT2D eigenvalue weighted by atomic mass is 10.0. The number of carbonyl (C=O) groups excluding carboxylic acids is 2. The summed E-state index contributed by atoms with van der Waals surface area (Å²) in [5, 5.41) is 3.13. The van der Waals surface area contributed by atoms with Crippen molar-refractivity contribution in [3.8, 4) is 0 Å². The lowest BCUT2D eigenvalue weighted by Crippen LogP contribution is -2.46. The van der Waals surface area contributed by atoms with Crippen LogP contribution in [0.1, 0.15) is 49.9 Å². The Morgan fingerprint density at radius 2 is 1.68 bits per heavy atom. The summed E-state index contributed by atoms with van der Waals surface area (Å²) in [7, 11) is 0. The molecule has 2 aliphatic heterocycles. The third-order valence-corrected chi connectivity index (χ3v) is 5.23. The first-order chi connectivity index (χ1) is 12.1. The minimum Gasteiger partial charge on any atom is -0.371 e. The predicted molar refractivity (Wildman–Crippen MR) is 99.8 cm³/mol. The summed E-state index contributed by atoms with van der Waals surface area (Å²) >= 11 is 0. The van der Waals surface area contributed by atoms with Crippen molar-refractivity contribution in [2.24, 2.45) is 5.92 Å². The average molecular weight is 343 g/mol. The fraction of sp³-hybridized carbons (Fsp3) is 0.600. The summed E-state index contributed by atoms with van der Waals surface area (Å²) in [6.07, 6.45) is 4.05. The first kappa shape index (κ1) is 17.8. The van der Waals surface area contributed by atoms with E-state index in [9.17, 15) is 9.59 Å². The number of nitrogens with zero attached hydrogens (tertiary/aromatic N) is 2. The molecule has 0 spiro atoms. The number of rotatable bonds is 4. The fourth-order valence-corrected chi connectivity index (χ4v) is 3.65. The van der Waals surface area contributed by atoms with Gasteiger partial charge in [0, 0.05) is 43.8 Å². The number of anilines is 1. The van der Waals surface area contributed by atoms with Gasteiger partial charge in [0.25, 0.3) is 5.91 Å². The van der Waals surface area contributed by atoms with Gasteiger partial charge in [0.1, 0.15) is 0 Å². The van der Waals surface area contributed by atoms with E-state index < -0.39 is 0 Å². The van der Waals surface area contributed by atoms with Gasteiger partial charge >= 0.3 is 0 Å². The molecule has 0 unspecified atom stereocenters. The molecule has 1 aromatic carbocycles. The zero-order valence-electron chi connectivity index (χ0n) is 15.3. The van der Waals surface area contributed by atoms with Crippen LogP contribution in [0.2, 0.25) is 0 Å². The van der Waals surface area contributed by atoms with E-state index >= 15 is 0 Å². The Morgan fingerprint density at radius 1 is 1.04 bits per heavy atom. The Kier molecular flexibility index (Phi) is 5.61. The molecular weight excluding hydrogens is 314 g/mol. The maximum atomic E-state index is 12.8. The minimum atomic E-state index is 0.0249. The standard InChI is InChI=1S/C20H29N3O2/c1-15(2)19(24)21-16-9-13-22(14-10-16)18-8-4-3-7-17(18)20(25)23-11-5-6-12-23/h3-4,7-8,15-16H,5-6,9-14H2,1-2H3,(H,21,24). The highest BCUT2D eigenvalue weighted by Gasteiger charge is 2.26. The average Bonchev–Trinajstić information content (AvgIpc) is 3.16. The second-order valence-corrected chi connectivity index (χ2v) is 7.44. The highest BCUT2D eigenvalue weighted by atomic mass is 16.2. The molecule has 5 heteroatoms. The predicted octanol–water partition coefficient (Wildman–Crippen LogP) is 2.66.